The van der Waals surface area contributed by atoms with Crippen LogP contribution in [-0.2, 0) is 0 Å². The molecule has 0 fully saturated rings. The van der Waals surface area contributed by atoms with Gasteiger partial charge in [0.05, 0.1) is 6.61 Å². The number of thioether (sulfide) groups is 1. The fourth-order valence-corrected chi connectivity index (χ4v) is 1.37. The molecular weight excluding hydrogens is 162 g/mol. The molecule has 1 aliphatic heterocycles. The Morgan fingerprint density at radius 1 is 1.82 bits per heavy atom. The van der Waals surface area contributed by atoms with Crippen LogP contribution < -0.4 is 10.2 Å². The van der Waals surface area contributed by atoms with E-state index in [1.54, 1.807) is 11.8 Å². The van der Waals surface area contributed by atoms with Gasteiger partial charge in [0, 0.05) is 0 Å². The van der Waals surface area contributed by atoms with Crippen molar-refractivity contribution in [3.63, 3.8) is 0 Å². The highest BCUT2D eigenvalue weighted by Gasteiger charge is 2.12. The van der Waals surface area contributed by atoms with Crippen molar-refractivity contribution in [1.82, 2.24) is 5.32 Å². The molecule has 0 aliphatic carbocycles. The summed E-state index contributed by atoms with van der Waals surface area (Å²) in [6.45, 7) is 2.67. The van der Waals surface area contributed by atoms with Crippen LogP contribution >= 0.6 is 11.8 Å². The molecule has 1 atom stereocenters. The van der Waals surface area contributed by atoms with Crippen LogP contribution in [0.1, 0.15) is 0 Å². The first-order chi connectivity index (χ1) is 5.36. The molecule has 0 saturated carbocycles. The minimum Gasteiger partial charge on any atom is -0.391 e. The maximum absolute atomic E-state index is 8.64. The molecule has 3 N–H and O–H groups in total. The molecule has 5 heteroatoms. The fourth-order valence-electron chi connectivity index (χ4n) is 0.958. The van der Waals surface area contributed by atoms with Crippen LogP contribution in [0.4, 0.5) is 0 Å². The van der Waals surface area contributed by atoms with Crippen molar-refractivity contribution in [1.29, 1.82) is 0 Å². The molecule has 0 amide bonds. The van der Waals surface area contributed by atoms with E-state index in [9.17, 15) is 0 Å². The second-order valence-corrected chi connectivity index (χ2v) is 3.20. The maximum Gasteiger partial charge on any atom is 0.175 e. The van der Waals surface area contributed by atoms with Crippen molar-refractivity contribution in [3.8, 4) is 0 Å². The first kappa shape index (κ1) is 8.83. The minimum atomic E-state index is 0.237. The molecule has 0 aromatic heterocycles. The zero-order valence-electron chi connectivity index (χ0n) is 6.63. The van der Waals surface area contributed by atoms with Gasteiger partial charge in [-0.3, -0.25) is 4.90 Å². The van der Waals surface area contributed by atoms with E-state index in [4.69, 9.17) is 5.11 Å². The Balaban J connectivity index is 2.29. The summed E-state index contributed by atoms with van der Waals surface area (Å²) in [6, 6.07) is 0. The lowest BCUT2D eigenvalue weighted by molar-refractivity contribution is -0.903. The molecule has 0 bridgehead atoms. The Labute approximate surface area is 70.7 Å². The quantitative estimate of drug-likeness (QED) is 0.461. The lowest BCUT2D eigenvalue weighted by Crippen LogP contribution is -3.14. The highest BCUT2D eigenvalue weighted by Crippen LogP contribution is 1.93. The third kappa shape index (κ3) is 2.69. The summed E-state index contributed by atoms with van der Waals surface area (Å²) in [5.74, 6) is 0. The third-order valence-electron chi connectivity index (χ3n) is 1.59. The fraction of sp³-hybridized carbons (Fsp3) is 0.833. The van der Waals surface area contributed by atoms with Crippen molar-refractivity contribution < 1.29 is 10.0 Å². The van der Waals surface area contributed by atoms with Gasteiger partial charge in [-0.25, -0.2) is 4.99 Å². The Morgan fingerprint density at radius 3 is 3.09 bits per heavy atom. The number of hydrogen-bond acceptors (Lipinski definition) is 4. The van der Waals surface area contributed by atoms with Crippen LogP contribution in [0.2, 0.25) is 0 Å². The van der Waals surface area contributed by atoms with Gasteiger partial charge in [0.15, 0.2) is 18.5 Å². The van der Waals surface area contributed by atoms with Gasteiger partial charge in [-0.1, -0.05) is 11.8 Å². The Kier molecular flexibility index (Phi) is 3.68. The lowest BCUT2D eigenvalue weighted by atomic mass is 10.6. The first-order valence-electron chi connectivity index (χ1n) is 3.63. The van der Waals surface area contributed by atoms with Crippen LogP contribution in [0.3, 0.4) is 0 Å². The van der Waals surface area contributed by atoms with Gasteiger partial charge in [0.1, 0.15) is 6.54 Å². The molecule has 0 spiro atoms. The summed E-state index contributed by atoms with van der Waals surface area (Å²) in [5, 5.41) is 12.8. The molecular formula is C6H14N3OS+. The van der Waals surface area contributed by atoms with Gasteiger partial charge in [0.2, 0.25) is 0 Å². The molecule has 64 valence electrons. The monoisotopic (exact) mass is 176 g/mol. The highest BCUT2D eigenvalue weighted by atomic mass is 32.2. The second-order valence-electron chi connectivity index (χ2n) is 2.40. The summed E-state index contributed by atoms with van der Waals surface area (Å²) in [7, 11) is 0. The Hall–Kier alpha value is -0.260. The number of quaternary nitrogens is 1. The SMILES string of the molecule is CSC1=NC[NH+](CCO)CN1. The van der Waals surface area contributed by atoms with Crippen LogP contribution in [0.15, 0.2) is 4.99 Å². The normalized spacial score (nSPS) is 24.2. The molecule has 0 aromatic rings. The van der Waals surface area contributed by atoms with E-state index in [-0.39, 0.29) is 6.61 Å². The zero-order valence-corrected chi connectivity index (χ0v) is 7.45. The van der Waals surface area contributed by atoms with Crippen molar-refractivity contribution in [2.75, 3.05) is 32.7 Å². The predicted octanol–water partition coefficient (Wildman–Crippen LogP) is -1.90. The van der Waals surface area contributed by atoms with Crippen LogP contribution in [-0.4, -0.2) is 43.0 Å². The highest BCUT2D eigenvalue weighted by molar-refractivity contribution is 8.13. The Morgan fingerprint density at radius 2 is 2.64 bits per heavy atom. The topological polar surface area (TPSA) is 49.1 Å². The number of nitrogens with one attached hydrogen (secondary N) is 2. The molecule has 11 heavy (non-hydrogen) atoms. The summed E-state index contributed by atoms with van der Waals surface area (Å²) in [4.78, 5) is 5.55. The van der Waals surface area contributed by atoms with Crippen molar-refractivity contribution >= 4 is 16.9 Å². The second kappa shape index (κ2) is 4.58. The number of aliphatic imine (C=N–C) groups is 1. The van der Waals surface area contributed by atoms with E-state index in [1.165, 1.54) is 4.90 Å². The number of amidine groups is 1. The molecule has 0 saturated heterocycles. The van der Waals surface area contributed by atoms with E-state index < -0.39 is 0 Å². The molecule has 1 heterocycles. The van der Waals surface area contributed by atoms with Crippen LogP contribution in [0.5, 0.6) is 0 Å². The molecule has 0 aromatic carbocycles. The molecule has 1 rings (SSSR count). The number of aliphatic hydroxyl groups excluding tert-OH is 1. The molecule has 1 unspecified atom stereocenters. The largest absolute Gasteiger partial charge is 0.391 e. The average Bonchev–Trinajstić information content (AvgIpc) is 2.07. The minimum absolute atomic E-state index is 0.237. The van der Waals surface area contributed by atoms with Crippen LogP contribution in [0.25, 0.3) is 0 Å². The zero-order chi connectivity index (χ0) is 8.10. The molecule has 1 aliphatic rings. The van der Waals surface area contributed by atoms with Crippen molar-refractivity contribution in [2.24, 2.45) is 4.99 Å². The molecule has 0 radical (unpaired) electrons. The summed E-state index contributed by atoms with van der Waals surface area (Å²) >= 11 is 1.63. The number of nitrogens with zero attached hydrogens (tertiary/aromatic N) is 1. The van der Waals surface area contributed by atoms with E-state index >= 15 is 0 Å². The van der Waals surface area contributed by atoms with Gasteiger partial charge in [-0.05, 0) is 6.26 Å². The maximum atomic E-state index is 8.64. The predicted molar refractivity (Wildman–Crippen MR) is 46.7 cm³/mol. The van der Waals surface area contributed by atoms with Crippen molar-refractivity contribution in [2.45, 2.75) is 0 Å². The third-order valence-corrected chi connectivity index (χ3v) is 2.25. The average molecular weight is 176 g/mol. The standard InChI is InChI=1S/C6H13N3OS/c1-11-6-7-4-9(2-3-10)5-8-6/h10H,2-5H2,1H3,(H,7,8)/p+1. The van der Waals surface area contributed by atoms with Gasteiger partial charge in [-0.15, -0.1) is 0 Å². The van der Waals surface area contributed by atoms with E-state index in [0.717, 1.165) is 25.0 Å². The van der Waals surface area contributed by atoms with Crippen molar-refractivity contribution in [3.05, 3.63) is 0 Å². The van der Waals surface area contributed by atoms with Gasteiger partial charge < -0.3 is 10.4 Å². The van der Waals surface area contributed by atoms with E-state index in [1.807, 2.05) is 6.26 Å². The molecule has 4 nitrogen and oxygen atoms in total. The van der Waals surface area contributed by atoms with Gasteiger partial charge in [0.25, 0.3) is 0 Å². The smallest absolute Gasteiger partial charge is 0.175 e. The number of aliphatic hydroxyl groups is 1. The number of hydrogen-bond donors (Lipinski definition) is 3. The van der Waals surface area contributed by atoms with Gasteiger partial charge in [-0.2, -0.15) is 0 Å². The lowest BCUT2D eigenvalue weighted by Gasteiger charge is -2.22. The van der Waals surface area contributed by atoms with Gasteiger partial charge >= 0.3 is 0 Å². The van der Waals surface area contributed by atoms with E-state index in [0.29, 0.717) is 0 Å². The van der Waals surface area contributed by atoms with Crippen LogP contribution in [0, 0.1) is 0 Å². The summed E-state index contributed by atoms with van der Waals surface area (Å²) in [5.41, 5.74) is 0. The van der Waals surface area contributed by atoms with E-state index in [2.05, 4.69) is 10.3 Å². The summed E-state index contributed by atoms with van der Waals surface area (Å²) in [6.07, 6.45) is 2.00. The number of rotatable bonds is 2. The first-order valence-corrected chi connectivity index (χ1v) is 4.86. The Bertz CT molecular complexity index is 151. The summed E-state index contributed by atoms with van der Waals surface area (Å²) < 4.78 is 0.